The zero-order chi connectivity index (χ0) is 18.1. The van der Waals surface area contributed by atoms with Gasteiger partial charge in [-0.3, -0.25) is 9.59 Å². The van der Waals surface area contributed by atoms with Crippen LogP contribution in [0, 0.1) is 0 Å². The first-order valence-electron chi connectivity index (χ1n) is 7.93. The van der Waals surface area contributed by atoms with Gasteiger partial charge in [0.2, 0.25) is 5.91 Å². The number of hydrogen-bond donors (Lipinski definition) is 1. The Balaban J connectivity index is 2.51. The number of rotatable bonds is 8. The number of aliphatic carboxylic acids is 1. The highest BCUT2D eigenvalue weighted by atomic mass is 16.4. The molecule has 130 valence electrons. The predicted molar refractivity (Wildman–Crippen MR) is 92.4 cm³/mol. The van der Waals surface area contributed by atoms with E-state index in [4.69, 9.17) is 5.11 Å². The van der Waals surface area contributed by atoms with Crippen molar-refractivity contribution in [3.05, 3.63) is 35.4 Å². The van der Waals surface area contributed by atoms with Crippen molar-refractivity contribution in [3.8, 4) is 0 Å². The second-order valence-corrected chi connectivity index (χ2v) is 5.86. The Hall–Kier alpha value is -2.50. The zero-order valence-corrected chi connectivity index (χ0v) is 14.4. The van der Waals surface area contributed by atoms with Crippen LogP contribution in [0.4, 0.5) is 0 Å². The van der Waals surface area contributed by atoms with Gasteiger partial charge in [-0.1, -0.05) is 18.6 Å². The maximum Gasteiger partial charge on any atom is 0.350 e. The van der Waals surface area contributed by atoms with Crippen LogP contribution in [0.2, 0.25) is 0 Å². The SMILES string of the molecule is CC(=NC(=O)c1cccc(CCCCCC(=O)N(C)C)c1)C(=O)O. The quantitative estimate of drug-likeness (QED) is 0.585. The van der Waals surface area contributed by atoms with Crippen molar-refractivity contribution in [3.63, 3.8) is 0 Å². The van der Waals surface area contributed by atoms with Gasteiger partial charge in [0.1, 0.15) is 5.71 Å². The van der Waals surface area contributed by atoms with E-state index in [0.29, 0.717) is 12.0 Å². The molecule has 0 aliphatic heterocycles. The summed E-state index contributed by atoms with van der Waals surface area (Å²) in [5.41, 5.74) is 1.16. The molecule has 0 heterocycles. The van der Waals surface area contributed by atoms with E-state index >= 15 is 0 Å². The summed E-state index contributed by atoms with van der Waals surface area (Å²) >= 11 is 0. The monoisotopic (exact) mass is 332 g/mol. The molecule has 1 N–H and O–H groups in total. The highest BCUT2D eigenvalue weighted by molar-refractivity contribution is 6.36. The van der Waals surface area contributed by atoms with Crippen LogP contribution in [-0.2, 0) is 16.0 Å². The fourth-order valence-corrected chi connectivity index (χ4v) is 2.13. The number of nitrogens with zero attached hydrogens (tertiary/aromatic N) is 2. The van der Waals surface area contributed by atoms with Gasteiger partial charge in [-0.05, 0) is 43.9 Å². The van der Waals surface area contributed by atoms with Gasteiger partial charge in [0.05, 0.1) is 0 Å². The summed E-state index contributed by atoms with van der Waals surface area (Å²) in [6, 6.07) is 7.06. The lowest BCUT2D eigenvalue weighted by Gasteiger charge is -2.09. The van der Waals surface area contributed by atoms with Crippen molar-refractivity contribution in [1.29, 1.82) is 0 Å². The first kappa shape index (κ1) is 19.5. The molecule has 0 unspecified atom stereocenters. The molecule has 0 spiro atoms. The molecule has 0 saturated heterocycles. The number of carboxylic acid groups (broad SMARTS) is 1. The molecule has 1 aromatic carbocycles. The topological polar surface area (TPSA) is 87.0 Å². The third kappa shape index (κ3) is 6.73. The van der Waals surface area contributed by atoms with Gasteiger partial charge < -0.3 is 10.0 Å². The molecule has 0 bridgehead atoms. The molecular weight excluding hydrogens is 308 g/mol. The number of hydrogen-bond acceptors (Lipinski definition) is 3. The van der Waals surface area contributed by atoms with Gasteiger partial charge in [-0.15, -0.1) is 0 Å². The molecular formula is C18H24N2O4. The molecule has 1 rings (SSSR count). The fraction of sp³-hybridized carbons (Fsp3) is 0.444. The smallest absolute Gasteiger partial charge is 0.350 e. The molecule has 0 aliphatic rings. The van der Waals surface area contributed by atoms with Crippen molar-refractivity contribution in [2.45, 2.75) is 39.0 Å². The third-order valence-corrected chi connectivity index (χ3v) is 3.61. The molecule has 0 aromatic heterocycles. The second-order valence-electron chi connectivity index (χ2n) is 5.86. The van der Waals surface area contributed by atoms with Crippen LogP contribution in [0.3, 0.4) is 0 Å². The summed E-state index contributed by atoms with van der Waals surface area (Å²) < 4.78 is 0. The largest absolute Gasteiger partial charge is 0.477 e. The Morgan fingerprint density at radius 3 is 2.46 bits per heavy atom. The normalized spacial score (nSPS) is 11.2. The van der Waals surface area contributed by atoms with Crippen molar-refractivity contribution >= 4 is 23.5 Å². The molecule has 0 aliphatic carbocycles. The molecule has 2 amide bonds. The third-order valence-electron chi connectivity index (χ3n) is 3.61. The number of amides is 2. The lowest BCUT2D eigenvalue weighted by molar-refractivity contribution is -0.130. The molecule has 0 saturated carbocycles. The Morgan fingerprint density at radius 2 is 1.83 bits per heavy atom. The van der Waals surface area contributed by atoms with Crippen LogP contribution in [-0.4, -0.2) is 47.6 Å². The van der Waals surface area contributed by atoms with Crippen molar-refractivity contribution in [2.75, 3.05) is 14.1 Å². The molecule has 1 aromatic rings. The summed E-state index contributed by atoms with van der Waals surface area (Å²) in [4.78, 5) is 39.3. The Kier molecular flexibility index (Phi) is 7.82. The Bertz CT molecular complexity index is 636. The first-order valence-corrected chi connectivity index (χ1v) is 7.93. The summed E-state index contributed by atoms with van der Waals surface area (Å²) in [5.74, 6) is -1.62. The number of benzene rings is 1. The molecule has 24 heavy (non-hydrogen) atoms. The van der Waals surface area contributed by atoms with Crippen LogP contribution < -0.4 is 0 Å². The van der Waals surface area contributed by atoms with Crippen LogP contribution in [0.15, 0.2) is 29.3 Å². The van der Waals surface area contributed by atoms with Crippen LogP contribution in [0.1, 0.15) is 48.5 Å². The van der Waals surface area contributed by atoms with E-state index in [-0.39, 0.29) is 11.6 Å². The van der Waals surface area contributed by atoms with E-state index in [2.05, 4.69) is 4.99 Å². The molecule has 0 fully saturated rings. The van der Waals surface area contributed by atoms with Crippen LogP contribution in [0.25, 0.3) is 0 Å². The number of carbonyl (C=O) groups is 3. The van der Waals surface area contributed by atoms with Crippen molar-refractivity contribution in [1.82, 2.24) is 4.90 Å². The van der Waals surface area contributed by atoms with Gasteiger partial charge in [-0.2, -0.15) is 0 Å². The second kappa shape index (κ2) is 9.60. The predicted octanol–water partition coefficient (Wildman–Crippen LogP) is 2.56. The van der Waals surface area contributed by atoms with Gasteiger partial charge in [-0.25, -0.2) is 9.79 Å². The number of aliphatic imine (C=N–C) groups is 1. The number of carboxylic acids is 1. The van der Waals surface area contributed by atoms with Crippen molar-refractivity contribution in [2.24, 2.45) is 4.99 Å². The molecule has 0 atom stereocenters. The lowest BCUT2D eigenvalue weighted by atomic mass is 10.0. The van der Waals surface area contributed by atoms with Crippen molar-refractivity contribution < 1.29 is 19.5 Å². The molecule has 6 nitrogen and oxygen atoms in total. The average Bonchev–Trinajstić information content (AvgIpc) is 2.54. The number of aryl methyl sites for hydroxylation is 1. The van der Waals surface area contributed by atoms with E-state index in [1.165, 1.54) is 6.92 Å². The Labute approximate surface area is 142 Å². The lowest BCUT2D eigenvalue weighted by Crippen LogP contribution is -2.20. The minimum Gasteiger partial charge on any atom is -0.477 e. The van der Waals surface area contributed by atoms with E-state index in [9.17, 15) is 14.4 Å². The first-order chi connectivity index (χ1) is 11.3. The summed E-state index contributed by atoms with van der Waals surface area (Å²) in [6.07, 6.45) is 4.06. The minimum atomic E-state index is -1.20. The minimum absolute atomic E-state index is 0.134. The fourth-order valence-electron chi connectivity index (χ4n) is 2.13. The van der Waals surface area contributed by atoms with E-state index < -0.39 is 11.9 Å². The van der Waals surface area contributed by atoms with Gasteiger partial charge in [0.25, 0.3) is 5.91 Å². The average molecular weight is 332 g/mol. The van der Waals surface area contributed by atoms with Crippen LogP contribution >= 0.6 is 0 Å². The summed E-state index contributed by atoms with van der Waals surface area (Å²) in [7, 11) is 3.50. The maximum absolute atomic E-state index is 11.9. The van der Waals surface area contributed by atoms with E-state index in [1.807, 2.05) is 6.07 Å². The standard InChI is InChI=1S/C18H24N2O4/c1-13(18(23)24)19-17(22)15-10-7-9-14(12-15)8-5-4-6-11-16(21)20(2)3/h7,9-10,12H,4-6,8,11H2,1-3H3,(H,23,24). The van der Waals surface area contributed by atoms with Gasteiger partial charge in [0, 0.05) is 26.1 Å². The highest BCUT2D eigenvalue weighted by Gasteiger charge is 2.09. The number of unbranched alkanes of at least 4 members (excludes halogenated alkanes) is 2. The zero-order valence-electron chi connectivity index (χ0n) is 14.4. The Morgan fingerprint density at radius 1 is 1.12 bits per heavy atom. The molecule has 6 heteroatoms. The van der Waals surface area contributed by atoms with E-state index in [0.717, 1.165) is 31.2 Å². The maximum atomic E-state index is 11.9. The highest BCUT2D eigenvalue weighted by Crippen LogP contribution is 2.12. The summed E-state index contributed by atoms with van der Waals surface area (Å²) in [5, 5.41) is 8.76. The van der Waals surface area contributed by atoms with Crippen LogP contribution in [0.5, 0.6) is 0 Å². The number of carbonyl (C=O) groups excluding carboxylic acids is 2. The van der Waals surface area contributed by atoms with Gasteiger partial charge >= 0.3 is 5.97 Å². The summed E-state index contributed by atoms with van der Waals surface area (Å²) in [6.45, 7) is 1.29. The molecule has 0 radical (unpaired) electrons. The van der Waals surface area contributed by atoms with Gasteiger partial charge in [0.15, 0.2) is 0 Å². The van der Waals surface area contributed by atoms with E-state index in [1.54, 1.807) is 37.2 Å².